The summed E-state index contributed by atoms with van der Waals surface area (Å²) in [5.41, 5.74) is 9.44. The largest absolute Gasteiger partial charge is 0.370 e. The predicted octanol–water partition coefficient (Wildman–Crippen LogP) is 5.34. The molecule has 0 radical (unpaired) electrons. The summed E-state index contributed by atoms with van der Waals surface area (Å²) >= 11 is 0. The molecule has 2 heterocycles. The second-order valence-electron chi connectivity index (χ2n) is 8.68. The van der Waals surface area contributed by atoms with Gasteiger partial charge in [0.05, 0.1) is 6.54 Å². The van der Waals surface area contributed by atoms with Gasteiger partial charge in [-0.1, -0.05) is 47.6 Å². The van der Waals surface area contributed by atoms with E-state index in [1.165, 1.54) is 6.42 Å². The van der Waals surface area contributed by atoms with Gasteiger partial charge in [-0.15, -0.1) is 0 Å². The van der Waals surface area contributed by atoms with Crippen molar-refractivity contribution in [3.8, 4) is 11.1 Å². The van der Waals surface area contributed by atoms with Gasteiger partial charge in [-0.3, -0.25) is 0 Å². The molecule has 2 aromatic carbocycles. The molecular weight excluding hydrogens is 403 g/mol. The topological polar surface area (TPSA) is 67.7 Å². The van der Waals surface area contributed by atoms with Crippen LogP contribution < -0.4 is 5.73 Å². The van der Waals surface area contributed by atoms with Crippen molar-refractivity contribution >= 4 is 5.96 Å². The Hall–Kier alpha value is -3.15. The maximum atomic E-state index is 14.6. The number of aryl methyl sites for hydroxylation is 2. The van der Waals surface area contributed by atoms with Gasteiger partial charge in [-0.2, -0.15) is 0 Å². The molecule has 0 saturated carbocycles. The van der Waals surface area contributed by atoms with Crippen LogP contribution in [-0.2, 0) is 19.4 Å². The minimum absolute atomic E-state index is 0.210. The number of aliphatic imine (C=N–C) groups is 1. The number of guanidine groups is 1. The summed E-state index contributed by atoms with van der Waals surface area (Å²) in [7, 11) is 0. The molecule has 5 nitrogen and oxygen atoms in total. The van der Waals surface area contributed by atoms with Gasteiger partial charge >= 0.3 is 0 Å². The standard InChI is InChI=1S/C26H31FN4O/c1-18-7-6-8-19(2)31(18)26(28)29-17-22-16-23(32-30-22)13-11-20-12-14-24(25(27)15-20)21-9-4-3-5-10-21/h3-5,9-10,12,14-16,18-19H,6-8,11,13,17H2,1-2H3,(H2,28,29). The maximum absolute atomic E-state index is 14.6. The SMILES string of the molecule is CC1CCCC(C)N1C(N)=NCc1cc(CCc2ccc(-c3ccccc3)c(F)c2)on1. The average Bonchev–Trinajstić information content (AvgIpc) is 3.25. The third-order valence-electron chi connectivity index (χ3n) is 6.25. The van der Waals surface area contributed by atoms with Gasteiger partial charge in [0.1, 0.15) is 17.3 Å². The molecule has 2 N–H and O–H groups in total. The number of aromatic nitrogens is 1. The zero-order valence-corrected chi connectivity index (χ0v) is 18.8. The van der Waals surface area contributed by atoms with Crippen LogP contribution in [0.5, 0.6) is 0 Å². The lowest BCUT2D eigenvalue weighted by molar-refractivity contribution is 0.188. The van der Waals surface area contributed by atoms with Crippen LogP contribution in [-0.4, -0.2) is 28.1 Å². The molecule has 1 aliphatic heterocycles. The molecule has 3 aromatic rings. The lowest BCUT2D eigenvalue weighted by atomic mass is 9.98. The van der Waals surface area contributed by atoms with Crippen molar-refractivity contribution in [1.29, 1.82) is 0 Å². The van der Waals surface area contributed by atoms with Crippen molar-refractivity contribution in [2.24, 2.45) is 10.7 Å². The third-order valence-corrected chi connectivity index (χ3v) is 6.25. The van der Waals surface area contributed by atoms with Crippen molar-refractivity contribution in [2.75, 3.05) is 0 Å². The fourth-order valence-electron chi connectivity index (χ4n) is 4.50. The summed E-state index contributed by atoms with van der Waals surface area (Å²) < 4.78 is 20.0. The van der Waals surface area contributed by atoms with Crippen molar-refractivity contribution in [1.82, 2.24) is 10.1 Å². The Morgan fingerprint density at radius 1 is 1.09 bits per heavy atom. The number of piperidine rings is 1. The highest BCUT2D eigenvalue weighted by Crippen LogP contribution is 2.24. The second-order valence-corrected chi connectivity index (χ2v) is 8.68. The van der Waals surface area contributed by atoms with Gasteiger partial charge < -0.3 is 15.2 Å². The number of nitrogens with zero attached hydrogens (tertiary/aromatic N) is 3. The number of hydrogen-bond acceptors (Lipinski definition) is 3. The minimum Gasteiger partial charge on any atom is -0.370 e. The average molecular weight is 435 g/mol. The Morgan fingerprint density at radius 2 is 1.84 bits per heavy atom. The van der Waals surface area contributed by atoms with E-state index in [4.69, 9.17) is 10.3 Å². The van der Waals surface area contributed by atoms with E-state index in [0.29, 0.717) is 43.0 Å². The highest BCUT2D eigenvalue weighted by atomic mass is 19.1. The first-order chi connectivity index (χ1) is 15.5. The van der Waals surface area contributed by atoms with Gasteiger partial charge in [0.2, 0.25) is 0 Å². The van der Waals surface area contributed by atoms with Gasteiger partial charge in [0, 0.05) is 30.1 Å². The Labute approximate surface area is 189 Å². The van der Waals surface area contributed by atoms with Crippen LogP contribution in [0.4, 0.5) is 4.39 Å². The molecule has 0 aliphatic carbocycles. The summed E-state index contributed by atoms with van der Waals surface area (Å²) in [6.07, 6.45) is 4.84. The third kappa shape index (κ3) is 5.18. The number of benzene rings is 2. The molecule has 1 fully saturated rings. The van der Waals surface area contributed by atoms with E-state index >= 15 is 0 Å². The number of likely N-dealkylation sites (tertiary alicyclic amines) is 1. The van der Waals surface area contributed by atoms with E-state index in [-0.39, 0.29) is 5.82 Å². The molecule has 6 heteroatoms. The van der Waals surface area contributed by atoms with Crippen LogP contribution in [0.1, 0.15) is 50.1 Å². The molecule has 32 heavy (non-hydrogen) atoms. The molecule has 1 aromatic heterocycles. The van der Waals surface area contributed by atoms with E-state index in [9.17, 15) is 4.39 Å². The molecule has 0 amide bonds. The lowest BCUT2D eigenvalue weighted by Gasteiger charge is -2.39. The quantitative estimate of drug-likeness (QED) is 0.420. The van der Waals surface area contributed by atoms with Gasteiger partial charge in [0.15, 0.2) is 5.96 Å². The summed E-state index contributed by atoms with van der Waals surface area (Å²) in [5.74, 6) is 1.13. The molecule has 1 saturated heterocycles. The first-order valence-electron chi connectivity index (χ1n) is 11.4. The molecule has 1 aliphatic rings. The molecule has 168 valence electrons. The summed E-state index contributed by atoms with van der Waals surface area (Å²) in [5, 5.41) is 4.12. The van der Waals surface area contributed by atoms with Crippen molar-refractivity contribution in [2.45, 2.75) is 64.6 Å². The van der Waals surface area contributed by atoms with E-state index in [2.05, 4.69) is 28.9 Å². The Kier molecular flexibility index (Phi) is 6.88. The Morgan fingerprint density at radius 3 is 2.56 bits per heavy atom. The molecule has 2 unspecified atom stereocenters. The second kappa shape index (κ2) is 9.98. The zero-order valence-electron chi connectivity index (χ0n) is 18.8. The number of nitrogens with two attached hydrogens (primary N) is 1. The normalized spacial score (nSPS) is 19.3. The van der Waals surface area contributed by atoms with Crippen LogP contribution >= 0.6 is 0 Å². The van der Waals surface area contributed by atoms with E-state index in [1.807, 2.05) is 48.5 Å². The summed E-state index contributed by atoms with van der Waals surface area (Å²) in [4.78, 5) is 6.76. The van der Waals surface area contributed by atoms with Crippen molar-refractivity contribution < 1.29 is 8.91 Å². The highest BCUT2D eigenvalue weighted by Gasteiger charge is 2.26. The molecule has 0 bridgehead atoms. The van der Waals surface area contributed by atoms with Gasteiger partial charge in [0.25, 0.3) is 0 Å². The fraction of sp³-hybridized carbons (Fsp3) is 0.385. The smallest absolute Gasteiger partial charge is 0.192 e. The van der Waals surface area contributed by atoms with Crippen LogP contribution in [0.2, 0.25) is 0 Å². The van der Waals surface area contributed by atoms with Gasteiger partial charge in [-0.25, -0.2) is 9.38 Å². The van der Waals surface area contributed by atoms with Gasteiger partial charge in [-0.05, 0) is 56.7 Å². The number of halogens is 1. The zero-order chi connectivity index (χ0) is 22.5. The first kappa shape index (κ1) is 22.1. The summed E-state index contributed by atoms with van der Waals surface area (Å²) in [6.45, 7) is 4.79. The first-order valence-corrected chi connectivity index (χ1v) is 11.4. The summed E-state index contributed by atoms with van der Waals surface area (Å²) in [6, 6.07) is 17.7. The number of hydrogen-bond donors (Lipinski definition) is 1. The highest BCUT2D eigenvalue weighted by molar-refractivity contribution is 5.78. The van der Waals surface area contributed by atoms with E-state index in [0.717, 1.165) is 35.4 Å². The van der Waals surface area contributed by atoms with Crippen LogP contribution in [0.3, 0.4) is 0 Å². The van der Waals surface area contributed by atoms with Crippen molar-refractivity contribution in [3.63, 3.8) is 0 Å². The van der Waals surface area contributed by atoms with E-state index in [1.54, 1.807) is 6.07 Å². The Bertz CT molecular complexity index is 1050. The van der Waals surface area contributed by atoms with Crippen LogP contribution in [0.25, 0.3) is 11.1 Å². The maximum Gasteiger partial charge on any atom is 0.192 e. The molecule has 0 spiro atoms. The lowest BCUT2D eigenvalue weighted by Crippen LogP contribution is -2.50. The number of rotatable bonds is 6. The Balaban J connectivity index is 1.34. The minimum atomic E-state index is -0.210. The van der Waals surface area contributed by atoms with E-state index < -0.39 is 0 Å². The molecular formula is C26H31FN4O. The van der Waals surface area contributed by atoms with Crippen LogP contribution in [0, 0.1) is 5.82 Å². The monoisotopic (exact) mass is 434 g/mol. The fourth-order valence-corrected chi connectivity index (χ4v) is 4.50. The van der Waals surface area contributed by atoms with Crippen molar-refractivity contribution in [3.05, 3.63) is 77.4 Å². The molecule has 2 atom stereocenters. The predicted molar refractivity (Wildman–Crippen MR) is 126 cm³/mol. The van der Waals surface area contributed by atoms with Crippen LogP contribution in [0.15, 0.2) is 64.1 Å². The molecule has 4 rings (SSSR count).